The number of nitrogens with zero attached hydrogens (tertiary/aromatic N) is 3. The summed E-state index contributed by atoms with van der Waals surface area (Å²) >= 11 is 0. The van der Waals surface area contributed by atoms with Crippen molar-refractivity contribution in [3.8, 4) is 11.3 Å². The minimum atomic E-state index is 0.362. The molecule has 2 aromatic rings. The lowest BCUT2D eigenvalue weighted by Gasteiger charge is -2.24. The number of aryl methyl sites for hydroxylation is 1. The summed E-state index contributed by atoms with van der Waals surface area (Å²) in [5.41, 5.74) is 9.38. The van der Waals surface area contributed by atoms with Crippen molar-refractivity contribution in [3.63, 3.8) is 0 Å². The highest BCUT2D eigenvalue weighted by Crippen LogP contribution is 2.38. The molecule has 2 fully saturated rings. The summed E-state index contributed by atoms with van der Waals surface area (Å²) in [5, 5.41) is 3.67. The molecule has 24 heavy (non-hydrogen) atoms. The zero-order chi connectivity index (χ0) is 16.1. The van der Waals surface area contributed by atoms with E-state index in [1.807, 2.05) is 6.07 Å². The smallest absolute Gasteiger partial charge is 0.222 e. The van der Waals surface area contributed by atoms with Crippen LogP contribution in [0.5, 0.6) is 0 Å². The molecule has 6 heteroatoms. The van der Waals surface area contributed by atoms with Crippen molar-refractivity contribution < 1.29 is 4.42 Å². The van der Waals surface area contributed by atoms with E-state index in [1.165, 1.54) is 18.4 Å². The van der Waals surface area contributed by atoms with E-state index in [0.29, 0.717) is 12.0 Å². The lowest BCUT2D eigenvalue weighted by atomic mass is 9.94. The number of hydrogen-bond donors (Lipinski definition) is 2. The summed E-state index contributed by atoms with van der Waals surface area (Å²) in [6, 6.07) is 2.60. The maximum absolute atomic E-state index is 6.08. The third kappa shape index (κ3) is 2.20. The number of fused-ring (bicyclic) bond motifs is 4. The third-order valence-electron chi connectivity index (χ3n) is 5.73. The lowest BCUT2D eigenvalue weighted by Crippen LogP contribution is -2.40. The Kier molecular flexibility index (Phi) is 3.26. The molecule has 0 saturated carbocycles. The van der Waals surface area contributed by atoms with Crippen LogP contribution in [0.15, 0.2) is 16.7 Å². The van der Waals surface area contributed by atoms with Crippen LogP contribution in [-0.4, -0.2) is 35.6 Å². The molecule has 2 unspecified atom stereocenters. The summed E-state index contributed by atoms with van der Waals surface area (Å²) in [6.07, 6.45) is 7.33. The summed E-state index contributed by atoms with van der Waals surface area (Å²) in [6.45, 7) is 3.22. The predicted molar refractivity (Wildman–Crippen MR) is 92.9 cm³/mol. The summed E-state index contributed by atoms with van der Waals surface area (Å²) in [7, 11) is 0. The Bertz CT molecular complexity index is 757. The van der Waals surface area contributed by atoms with Gasteiger partial charge in [-0.05, 0) is 44.2 Å². The molecule has 126 valence electrons. The van der Waals surface area contributed by atoms with Crippen LogP contribution >= 0.6 is 0 Å². The Balaban J connectivity index is 1.58. The quantitative estimate of drug-likeness (QED) is 0.835. The highest BCUT2D eigenvalue weighted by molar-refractivity contribution is 5.73. The second kappa shape index (κ2) is 5.48. The molecule has 2 saturated heterocycles. The molecule has 0 amide bonds. The highest BCUT2D eigenvalue weighted by Gasteiger charge is 2.36. The molecular weight excluding hydrogens is 302 g/mol. The SMILES string of the molecule is Nc1nc2c(c(N3CC4CCCNC4C3)n1)CCCc1occc1-2. The molecule has 4 heterocycles. The Labute approximate surface area is 141 Å². The zero-order valence-corrected chi connectivity index (χ0v) is 13.8. The maximum Gasteiger partial charge on any atom is 0.222 e. The van der Waals surface area contributed by atoms with Crippen molar-refractivity contribution in [3.05, 3.63) is 23.7 Å². The normalized spacial score (nSPS) is 25.8. The number of furan rings is 1. The molecule has 1 aliphatic carbocycles. The van der Waals surface area contributed by atoms with E-state index in [0.717, 1.165) is 67.7 Å². The van der Waals surface area contributed by atoms with E-state index in [4.69, 9.17) is 10.2 Å². The van der Waals surface area contributed by atoms with Gasteiger partial charge in [-0.1, -0.05) is 0 Å². The number of piperidine rings is 1. The number of nitrogen functional groups attached to an aromatic ring is 1. The molecule has 6 nitrogen and oxygen atoms in total. The lowest BCUT2D eigenvalue weighted by molar-refractivity contribution is 0.340. The molecule has 0 radical (unpaired) electrons. The van der Waals surface area contributed by atoms with Crippen molar-refractivity contribution in [2.24, 2.45) is 5.92 Å². The first kappa shape index (κ1) is 14.3. The third-order valence-corrected chi connectivity index (χ3v) is 5.73. The average molecular weight is 325 g/mol. The molecule has 3 N–H and O–H groups in total. The average Bonchev–Trinajstić information content (AvgIpc) is 3.18. The number of nitrogens with one attached hydrogen (secondary N) is 1. The van der Waals surface area contributed by atoms with E-state index in [9.17, 15) is 0 Å². The van der Waals surface area contributed by atoms with E-state index < -0.39 is 0 Å². The van der Waals surface area contributed by atoms with Crippen LogP contribution in [0.2, 0.25) is 0 Å². The zero-order valence-electron chi connectivity index (χ0n) is 13.8. The minimum absolute atomic E-state index is 0.362. The van der Waals surface area contributed by atoms with Gasteiger partial charge in [-0.2, -0.15) is 4.98 Å². The van der Waals surface area contributed by atoms with Gasteiger partial charge in [0.2, 0.25) is 5.95 Å². The van der Waals surface area contributed by atoms with Crippen molar-refractivity contribution in [2.45, 2.75) is 38.1 Å². The van der Waals surface area contributed by atoms with E-state index in [1.54, 1.807) is 6.26 Å². The number of nitrogens with two attached hydrogens (primary N) is 1. The van der Waals surface area contributed by atoms with Crippen molar-refractivity contribution in [1.29, 1.82) is 0 Å². The second-order valence-electron chi connectivity index (χ2n) is 7.21. The van der Waals surface area contributed by atoms with Gasteiger partial charge in [-0.3, -0.25) is 0 Å². The predicted octanol–water partition coefficient (Wildman–Crippen LogP) is 2.00. The minimum Gasteiger partial charge on any atom is -0.469 e. The summed E-state index contributed by atoms with van der Waals surface area (Å²) in [4.78, 5) is 11.7. The van der Waals surface area contributed by atoms with Gasteiger partial charge in [0, 0.05) is 36.7 Å². The van der Waals surface area contributed by atoms with E-state index >= 15 is 0 Å². The second-order valence-corrected chi connectivity index (χ2v) is 7.21. The van der Waals surface area contributed by atoms with Crippen LogP contribution in [-0.2, 0) is 12.8 Å². The number of anilines is 2. The number of hydrogen-bond acceptors (Lipinski definition) is 6. The molecule has 2 atom stereocenters. The number of aromatic nitrogens is 2. The first-order chi connectivity index (χ1) is 11.8. The van der Waals surface area contributed by atoms with Crippen LogP contribution in [0.3, 0.4) is 0 Å². The number of rotatable bonds is 1. The van der Waals surface area contributed by atoms with Crippen molar-refractivity contribution in [2.75, 3.05) is 30.3 Å². The molecule has 5 rings (SSSR count). The van der Waals surface area contributed by atoms with Gasteiger partial charge in [0.25, 0.3) is 0 Å². The van der Waals surface area contributed by atoms with Crippen molar-refractivity contribution >= 4 is 11.8 Å². The fourth-order valence-electron chi connectivity index (χ4n) is 4.59. The Hall–Kier alpha value is -2.08. The van der Waals surface area contributed by atoms with Gasteiger partial charge in [0.1, 0.15) is 11.6 Å². The Morgan fingerprint density at radius 3 is 3.08 bits per heavy atom. The van der Waals surface area contributed by atoms with E-state index in [-0.39, 0.29) is 0 Å². The van der Waals surface area contributed by atoms with Crippen LogP contribution in [0.25, 0.3) is 11.3 Å². The van der Waals surface area contributed by atoms with Crippen LogP contribution in [0.4, 0.5) is 11.8 Å². The molecule has 2 aliphatic heterocycles. The van der Waals surface area contributed by atoms with Gasteiger partial charge in [0.05, 0.1) is 12.0 Å². The standard InChI is InChI=1S/C18H23N5O/c19-18-21-16-12-6-8-24-15(12)5-1-4-13(16)17(22-18)23-9-11-3-2-7-20-14(11)10-23/h6,8,11,14,20H,1-5,7,9-10H2,(H2,19,21,22). The molecular formula is C18H23N5O. The molecule has 0 aromatic carbocycles. The Morgan fingerprint density at radius 1 is 1.21 bits per heavy atom. The first-order valence-electron chi connectivity index (χ1n) is 9.01. The van der Waals surface area contributed by atoms with Gasteiger partial charge >= 0.3 is 0 Å². The van der Waals surface area contributed by atoms with Gasteiger partial charge < -0.3 is 20.4 Å². The maximum atomic E-state index is 6.08. The molecule has 3 aliphatic rings. The van der Waals surface area contributed by atoms with Crippen LogP contribution in [0, 0.1) is 5.92 Å². The summed E-state index contributed by atoms with van der Waals surface area (Å²) in [5.74, 6) is 3.15. The van der Waals surface area contributed by atoms with Crippen LogP contribution < -0.4 is 16.0 Å². The summed E-state index contributed by atoms with van der Waals surface area (Å²) < 4.78 is 5.65. The first-order valence-corrected chi connectivity index (χ1v) is 9.01. The monoisotopic (exact) mass is 325 g/mol. The van der Waals surface area contributed by atoms with Gasteiger partial charge in [-0.15, -0.1) is 0 Å². The van der Waals surface area contributed by atoms with Crippen molar-refractivity contribution in [1.82, 2.24) is 15.3 Å². The molecule has 2 aromatic heterocycles. The Morgan fingerprint density at radius 2 is 2.17 bits per heavy atom. The molecule has 0 bridgehead atoms. The van der Waals surface area contributed by atoms with E-state index in [2.05, 4.69) is 20.2 Å². The highest BCUT2D eigenvalue weighted by atomic mass is 16.3. The fourth-order valence-corrected chi connectivity index (χ4v) is 4.59. The fraction of sp³-hybridized carbons (Fsp3) is 0.556. The molecule has 0 spiro atoms. The van der Waals surface area contributed by atoms with Crippen LogP contribution in [0.1, 0.15) is 30.6 Å². The van der Waals surface area contributed by atoms with Gasteiger partial charge in [-0.25, -0.2) is 4.98 Å². The largest absolute Gasteiger partial charge is 0.469 e. The van der Waals surface area contributed by atoms with Gasteiger partial charge in [0.15, 0.2) is 0 Å². The topological polar surface area (TPSA) is 80.2 Å².